The molecule has 68 valence electrons. The van der Waals surface area contributed by atoms with Crippen molar-refractivity contribution in [2.45, 2.75) is 6.92 Å². The number of pyridine rings is 2. The van der Waals surface area contributed by atoms with Crippen LogP contribution in [-0.4, -0.2) is 9.97 Å². The molecule has 0 saturated heterocycles. The quantitative estimate of drug-likeness (QED) is 0.671. The van der Waals surface area contributed by atoms with Crippen molar-refractivity contribution in [3.8, 4) is 6.07 Å². The predicted octanol–water partition coefficient (Wildman–Crippen LogP) is 1.39. The summed E-state index contributed by atoms with van der Waals surface area (Å²) in [6, 6.07) is 5.62. The summed E-state index contributed by atoms with van der Waals surface area (Å²) in [5, 5.41) is 9.60. The van der Waals surface area contributed by atoms with Crippen LogP contribution in [0.15, 0.2) is 18.3 Å². The lowest BCUT2D eigenvalue weighted by atomic mass is 10.2. The van der Waals surface area contributed by atoms with E-state index in [2.05, 4.69) is 9.97 Å². The summed E-state index contributed by atoms with van der Waals surface area (Å²) < 4.78 is 0. The minimum atomic E-state index is 0.233. The van der Waals surface area contributed by atoms with Gasteiger partial charge in [-0.2, -0.15) is 5.26 Å². The molecule has 2 rings (SSSR count). The Bertz CT molecular complexity index is 540. The maximum Gasteiger partial charge on any atom is 0.161 e. The number of fused-ring (bicyclic) bond motifs is 1. The van der Waals surface area contributed by atoms with E-state index in [9.17, 15) is 0 Å². The topological polar surface area (TPSA) is 75.6 Å². The summed E-state index contributed by atoms with van der Waals surface area (Å²) >= 11 is 0. The van der Waals surface area contributed by atoms with Crippen LogP contribution in [0.3, 0.4) is 0 Å². The molecule has 0 aliphatic rings. The molecule has 0 bridgehead atoms. The van der Waals surface area contributed by atoms with E-state index in [1.807, 2.05) is 19.1 Å². The fourth-order valence-electron chi connectivity index (χ4n) is 1.28. The van der Waals surface area contributed by atoms with Gasteiger partial charge in [0.1, 0.15) is 11.9 Å². The van der Waals surface area contributed by atoms with Crippen LogP contribution in [0.5, 0.6) is 0 Å². The Morgan fingerprint density at radius 2 is 2.21 bits per heavy atom. The highest BCUT2D eigenvalue weighted by molar-refractivity contribution is 5.79. The first-order chi connectivity index (χ1) is 6.70. The molecule has 2 aromatic heterocycles. The molecule has 2 heterocycles. The number of aryl methyl sites for hydroxylation is 1. The van der Waals surface area contributed by atoms with E-state index < -0.39 is 0 Å². The fraction of sp³-hybridized carbons (Fsp3) is 0.100. The first-order valence-corrected chi connectivity index (χ1v) is 4.13. The van der Waals surface area contributed by atoms with Crippen molar-refractivity contribution in [1.29, 1.82) is 5.26 Å². The smallest absolute Gasteiger partial charge is 0.161 e. The Balaban J connectivity index is 2.82. The molecule has 0 aliphatic heterocycles. The van der Waals surface area contributed by atoms with Crippen molar-refractivity contribution in [3.63, 3.8) is 0 Å². The van der Waals surface area contributed by atoms with E-state index in [0.29, 0.717) is 11.2 Å². The molecular weight excluding hydrogens is 176 g/mol. The SMILES string of the molecule is Cc1cnc2nc(N)c(C#N)cc2c1. The van der Waals surface area contributed by atoms with Crippen LogP contribution in [0.4, 0.5) is 5.82 Å². The van der Waals surface area contributed by atoms with Crippen molar-refractivity contribution < 1.29 is 0 Å². The van der Waals surface area contributed by atoms with Crippen molar-refractivity contribution in [2.24, 2.45) is 0 Å². The molecule has 4 heteroatoms. The van der Waals surface area contributed by atoms with Gasteiger partial charge in [0.05, 0.1) is 5.56 Å². The molecule has 0 saturated carbocycles. The van der Waals surface area contributed by atoms with Gasteiger partial charge in [-0.1, -0.05) is 0 Å². The van der Waals surface area contributed by atoms with Crippen molar-refractivity contribution in [3.05, 3.63) is 29.5 Å². The van der Waals surface area contributed by atoms with Gasteiger partial charge in [0.15, 0.2) is 5.65 Å². The van der Waals surface area contributed by atoms with E-state index in [4.69, 9.17) is 11.0 Å². The largest absolute Gasteiger partial charge is 0.383 e. The average molecular weight is 184 g/mol. The van der Waals surface area contributed by atoms with Gasteiger partial charge in [0.25, 0.3) is 0 Å². The van der Waals surface area contributed by atoms with Gasteiger partial charge in [-0.25, -0.2) is 9.97 Å². The second kappa shape index (κ2) is 2.96. The van der Waals surface area contributed by atoms with Gasteiger partial charge >= 0.3 is 0 Å². The van der Waals surface area contributed by atoms with Gasteiger partial charge in [-0.05, 0) is 24.6 Å². The van der Waals surface area contributed by atoms with Crippen molar-refractivity contribution in [1.82, 2.24) is 9.97 Å². The van der Waals surface area contributed by atoms with Crippen LogP contribution in [-0.2, 0) is 0 Å². The number of nitrogens with two attached hydrogens (primary N) is 1. The molecule has 0 amide bonds. The third-order valence-corrected chi connectivity index (χ3v) is 1.95. The highest BCUT2D eigenvalue weighted by Gasteiger charge is 2.03. The molecule has 0 fully saturated rings. The highest BCUT2D eigenvalue weighted by atomic mass is 14.9. The Labute approximate surface area is 81.0 Å². The second-order valence-corrected chi connectivity index (χ2v) is 3.09. The predicted molar refractivity (Wildman–Crippen MR) is 53.4 cm³/mol. The normalized spacial score (nSPS) is 10.0. The molecule has 2 aromatic rings. The number of nitrogens with zero attached hydrogens (tertiary/aromatic N) is 3. The Hall–Kier alpha value is -2.15. The summed E-state index contributed by atoms with van der Waals surface area (Å²) in [7, 11) is 0. The van der Waals surface area contributed by atoms with Crippen LogP contribution in [0.25, 0.3) is 11.0 Å². The monoisotopic (exact) mass is 184 g/mol. The number of hydrogen-bond donors (Lipinski definition) is 1. The van der Waals surface area contributed by atoms with Crippen molar-refractivity contribution >= 4 is 16.9 Å². The van der Waals surface area contributed by atoms with Gasteiger partial charge in [-0.15, -0.1) is 0 Å². The zero-order chi connectivity index (χ0) is 10.1. The molecule has 0 radical (unpaired) electrons. The summed E-state index contributed by atoms with van der Waals surface area (Å²) in [6.45, 7) is 1.94. The van der Waals surface area contributed by atoms with Crippen LogP contribution in [0.1, 0.15) is 11.1 Å². The van der Waals surface area contributed by atoms with Crippen LogP contribution in [0, 0.1) is 18.3 Å². The molecule has 0 atom stereocenters. The fourth-order valence-corrected chi connectivity index (χ4v) is 1.28. The van der Waals surface area contributed by atoms with Crippen LogP contribution >= 0.6 is 0 Å². The number of aromatic nitrogens is 2. The first-order valence-electron chi connectivity index (χ1n) is 4.13. The highest BCUT2D eigenvalue weighted by Crippen LogP contribution is 2.16. The molecule has 14 heavy (non-hydrogen) atoms. The number of anilines is 1. The van der Waals surface area contributed by atoms with Gasteiger partial charge in [0.2, 0.25) is 0 Å². The maximum atomic E-state index is 8.76. The number of rotatable bonds is 0. The second-order valence-electron chi connectivity index (χ2n) is 3.09. The van der Waals surface area contributed by atoms with E-state index >= 15 is 0 Å². The lowest BCUT2D eigenvalue weighted by Crippen LogP contribution is -1.96. The van der Waals surface area contributed by atoms with E-state index in [1.165, 1.54) is 0 Å². The average Bonchev–Trinajstić information content (AvgIpc) is 2.17. The van der Waals surface area contributed by atoms with E-state index in [1.54, 1.807) is 12.3 Å². The molecule has 4 nitrogen and oxygen atoms in total. The molecule has 2 N–H and O–H groups in total. The number of nitriles is 1. The number of nitrogen functional groups attached to an aromatic ring is 1. The molecule has 0 spiro atoms. The Kier molecular flexibility index (Phi) is 1.79. The summed E-state index contributed by atoms with van der Waals surface area (Å²) in [5.74, 6) is 0.233. The molecule has 0 unspecified atom stereocenters. The lowest BCUT2D eigenvalue weighted by Gasteiger charge is -2.00. The Morgan fingerprint density at radius 3 is 2.93 bits per heavy atom. The molecule has 0 aliphatic carbocycles. The third-order valence-electron chi connectivity index (χ3n) is 1.95. The summed E-state index contributed by atoms with van der Waals surface area (Å²) in [5.41, 5.74) is 7.57. The minimum Gasteiger partial charge on any atom is -0.383 e. The Morgan fingerprint density at radius 1 is 1.43 bits per heavy atom. The molecular formula is C10H8N4. The lowest BCUT2D eigenvalue weighted by molar-refractivity contribution is 1.25. The zero-order valence-electron chi connectivity index (χ0n) is 7.65. The van der Waals surface area contributed by atoms with E-state index in [0.717, 1.165) is 10.9 Å². The zero-order valence-corrected chi connectivity index (χ0v) is 7.65. The minimum absolute atomic E-state index is 0.233. The van der Waals surface area contributed by atoms with Gasteiger partial charge < -0.3 is 5.73 Å². The summed E-state index contributed by atoms with van der Waals surface area (Å²) in [4.78, 5) is 8.15. The maximum absolute atomic E-state index is 8.76. The standard InChI is InChI=1S/C10H8N4/c1-6-2-7-3-8(4-11)9(12)14-10(7)13-5-6/h2-3,5H,1H3,(H2,12,13,14). The first kappa shape index (κ1) is 8.45. The van der Waals surface area contributed by atoms with Crippen LogP contribution < -0.4 is 5.73 Å². The van der Waals surface area contributed by atoms with Crippen molar-refractivity contribution in [2.75, 3.05) is 5.73 Å². The third kappa shape index (κ3) is 1.25. The van der Waals surface area contributed by atoms with E-state index in [-0.39, 0.29) is 5.82 Å². The number of hydrogen-bond acceptors (Lipinski definition) is 4. The van der Waals surface area contributed by atoms with Gasteiger partial charge in [-0.3, -0.25) is 0 Å². The summed E-state index contributed by atoms with van der Waals surface area (Å²) in [6.07, 6.45) is 1.72. The van der Waals surface area contributed by atoms with Gasteiger partial charge in [0, 0.05) is 11.6 Å². The molecule has 0 aromatic carbocycles. The van der Waals surface area contributed by atoms with Crippen LogP contribution in [0.2, 0.25) is 0 Å².